The highest BCUT2D eigenvalue weighted by Gasteiger charge is 2.23. The van der Waals surface area contributed by atoms with Crippen molar-refractivity contribution in [1.82, 2.24) is 5.32 Å². The van der Waals surface area contributed by atoms with E-state index >= 15 is 0 Å². The number of hydrogen-bond acceptors (Lipinski definition) is 1. The van der Waals surface area contributed by atoms with Crippen LogP contribution in [0.2, 0.25) is 0 Å². The van der Waals surface area contributed by atoms with Crippen LogP contribution in [0.4, 0.5) is 0 Å². The molecule has 116 valence electrons. The number of fused-ring (bicyclic) bond motifs is 1. The summed E-state index contributed by atoms with van der Waals surface area (Å²) in [4.78, 5) is 0. The van der Waals surface area contributed by atoms with Gasteiger partial charge in [0.2, 0.25) is 0 Å². The highest BCUT2D eigenvalue weighted by atomic mass is 14.9. The molecule has 1 nitrogen and oxygen atoms in total. The molecule has 3 rings (SSSR count). The van der Waals surface area contributed by atoms with Gasteiger partial charge in [0.15, 0.2) is 0 Å². The minimum absolute atomic E-state index is 0.751. The van der Waals surface area contributed by atoms with Crippen LogP contribution in [-0.2, 0) is 19.3 Å². The molecule has 1 fully saturated rings. The Kier molecular flexibility index (Phi) is 5.35. The molecule has 0 heterocycles. The molecule has 0 aromatic heterocycles. The first-order valence-electron chi connectivity index (χ1n) is 9.21. The summed E-state index contributed by atoms with van der Waals surface area (Å²) >= 11 is 0. The van der Waals surface area contributed by atoms with Gasteiger partial charge in [-0.1, -0.05) is 44.4 Å². The summed E-state index contributed by atoms with van der Waals surface area (Å²) in [6.45, 7) is 3.46. The van der Waals surface area contributed by atoms with Crippen LogP contribution in [0.5, 0.6) is 0 Å². The number of benzene rings is 1. The topological polar surface area (TPSA) is 12.0 Å². The molecule has 2 aliphatic carbocycles. The fourth-order valence-electron chi connectivity index (χ4n) is 4.28. The lowest BCUT2D eigenvalue weighted by Gasteiger charge is -2.26. The Morgan fingerprint density at radius 1 is 1.00 bits per heavy atom. The van der Waals surface area contributed by atoms with E-state index in [1.54, 1.807) is 16.7 Å². The molecule has 0 spiro atoms. The Balaban J connectivity index is 1.67. The van der Waals surface area contributed by atoms with E-state index in [1.807, 2.05) is 0 Å². The minimum Gasteiger partial charge on any atom is -0.314 e. The summed E-state index contributed by atoms with van der Waals surface area (Å²) < 4.78 is 0. The Labute approximate surface area is 130 Å². The zero-order valence-corrected chi connectivity index (χ0v) is 13.7. The standard InChI is InChI=1S/C20H31N/c1-2-13-21-20-10-5-3-4-7-19(20)15-16-11-12-17-8-6-9-18(17)14-16/h11-12,14,19-21H,2-10,13,15H2,1H3. The van der Waals surface area contributed by atoms with Gasteiger partial charge in [0.05, 0.1) is 0 Å². The molecule has 21 heavy (non-hydrogen) atoms. The maximum absolute atomic E-state index is 3.83. The van der Waals surface area contributed by atoms with E-state index in [0.29, 0.717) is 0 Å². The van der Waals surface area contributed by atoms with Gasteiger partial charge in [0.1, 0.15) is 0 Å². The van der Waals surface area contributed by atoms with E-state index in [4.69, 9.17) is 0 Å². The van der Waals surface area contributed by atoms with Gasteiger partial charge < -0.3 is 5.32 Å². The average Bonchev–Trinajstić information content (AvgIpc) is 2.85. The van der Waals surface area contributed by atoms with E-state index in [0.717, 1.165) is 12.0 Å². The van der Waals surface area contributed by atoms with Crippen LogP contribution in [0.1, 0.15) is 68.6 Å². The summed E-state index contributed by atoms with van der Waals surface area (Å²) in [7, 11) is 0. The second-order valence-electron chi connectivity index (χ2n) is 7.12. The van der Waals surface area contributed by atoms with E-state index in [1.165, 1.54) is 70.8 Å². The Morgan fingerprint density at radius 2 is 1.86 bits per heavy atom. The third kappa shape index (κ3) is 3.88. The van der Waals surface area contributed by atoms with Crippen molar-refractivity contribution in [2.45, 2.75) is 77.2 Å². The van der Waals surface area contributed by atoms with E-state index in [9.17, 15) is 0 Å². The quantitative estimate of drug-likeness (QED) is 0.775. The fourth-order valence-corrected chi connectivity index (χ4v) is 4.28. The van der Waals surface area contributed by atoms with Gasteiger partial charge in [-0.05, 0) is 74.1 Å². The van der Waals surface area contributed by atoms with Gasteiger partial charge in [0, 0.05) is 6.04 Å². The van der Waals surface area contributed by atoms with Crippen molar-refractivity contribution in [3.63, 3.8) is 0 Å². The summed E-state index contributed by atoms with van der Waals surface area (Å²) in [5.41, 5.74) is 4.84. The Hall–Kier alpha value is -0.820. The fraction of sp³-hybridized carbons (Fsp3) is 0.700. The van der Waals surface area contributed by atoms with E-state index in [2.05, 4.69) is 30.4 Å². The van der Waals surface area contributed by atoms with Crippen molar-refractivity contribution in [3.05, 3.63) is 34.9 Å². The summed E-state index contributed by atoms with van der Waals surface area (Å²) in [5.74, 6) is 0.846. The molecule has 0 aliphatic heterocycles. The van der Waals surface area contributed by atoms with Crippen molar-refractivity contribution < 1.29 is 0 Å². The second-order valence-corrected chi connectivity index (χ2v) is 7.12. The molecular weight excluding hydrogens is 254 g/mol. The highest BCUT2D eigenvalue weighted by Crippen LogP contribution is 2.29. The van der Waals surface area contributed by atoms with Gasteiger partial charge >= 0.3 is 0 Å². The highest BCUT2D eigenvalue weighted by molar-refractivity contribution is 5.35. The smallest absolute Gasteiger partial charge is 0.00984 e. The zero-order chi connectivity index (χ0) is 14.5. The van der Waals surface area contributed by atoms with Gasteiger partial charge in [-0.3, -0.25) is 0 Å². The van der Waals surface area contributed by atoms with Crippen molar-refractivity contribution in [1.29, 1.82) is 0 Å². The summed E-state index contributed by atoms with van der Waals surface area (Å²) in [6.07, 6.45) is 13.6. The van der Waals surface area contributed by atoms with Crippen LogP contribution in [0.3, 0.4) is 0 Å². The zero-order valence-electron chi connectivity index (χ0n) is 13.7. The summed E-state index contributed by atoms with van der Waals surface area (Å²) in [6, 6.07) is 8.08. The van der Waals surface area contributed by atoms with Gasteiger partial charge in [-0.15, -0.1) is 0 Å². The van der Waals surface area contributed by atoms with Crippen LogP contribution >= 0.6 is 0 Å². The van der Waals surface area contributed by atoms with Crippen molar-refractivity contribution >= 4 is 0 Å². The first kappa shape index (κ1) is 15.1. The predicted octanol–water partition coefficient (Wildman–Crippen LogP) is 4.67. The van der Waals surface area contributed by atoms with E-state index < -0.39 is 0 Å². The Bertz CT molecular complexity index is 451. The number of rotatable bonds is 5. The monoisotopic (exact) mass is 285 g/mol. The second kappa shape index (κ2) is 7.45. The molecule has 1 heteroatoms. The number of hydrogen-bond donors (Lipinski definition) is 1. The summed E-state index contributed by atoms with van der Waals surface area (Å²) in [5, 5.41) is 3.83. The predicted molar refractivity (Wildman–Crippen MR) is 90.8 cm³/mol. The first-order valence-corrected chi connectivity index (χ1v) is 9.21. The minimum atomic E-state index is 0.751. The third-order valence-corrected chi connectivity index (χ3v) is 5.48. The largest absolute Gasteiger partial charge is 0.314 e. The molecule has 2 atom stereocenters. The average molecular weight is 285 g/mol. The van der Waals surface area contributed by atoms with Crippen molar-refractivity contribution in [3.8, 4) is 0 Å². The van der Waals surface area contributed by atoms with Gasteiger partial charge in [0.25, 0.3) is 0 Å². The molecule has 1 aromatic rings. The molecule has 1 N–H and O–H groups in total. The van der Waals surface area contributed by atoms with Crippen LogP contribution in [0.25, 0.3) is 0 Å². The maximum atomic E-state index is 3.83. The molecule has 0 bridgehead atoms. The molecular formula is C20H31N. The van der Waals surface area contributed by atoms with Crippen LogP contribution in [-0.4, -0.2) is 12.6 Å². The van der Waals surface area contributed by atoms with Crippen molar-refractivity contribution in [2.75, 3.05) is 6.54 Å². The molecule has 2 unspecified atom stereocenters. The van der Waals surface area contributed by atoms with Gasteiger partial charge in [-0.2, -0.15) is 0 Å². The molecule has 1 aromatic carbocycles. The molecule has 2 aliphatic rings. The lowest BCUT2D eigenvalue weighted by molar-refractivity contribution is 0.332. The number of nitrogens with one attached hydrogen (secondary N) is 1. The van der Waals surface area contributed by atoms with Crippen LogP contribution in [0.15, 0.2) is 18.2 Å². The molecule has 1 saturated carbocycles. The third-order valence-electron chi connectivity index (χ3n) is 5.48. The lowest BCUT2D eigenvalue weighted by atomic mass is 9.87. The number of aryl methyl sites for hydroxylation is 2. The van der Waals surface area contributed by atoms with Crippen LogP contribution in [0, 0.1) is 5.92 Å². The Morgan fingerprint density at radius 3 is 2.76 bits per heavy atom. The molecule has 0 saturated heterocycles. The lowest BCUT2D eigenvalue weighted by Crippen LogP contribution is -2.37. The molecule has 0 radical (unpaired) electrons. The SMILES string of the molecule is CCCNC1CCCCCC1Cc1ccc2c(c1)CCC2. The van der Waals surface area contributed by atoms with Crippen LogP contribution < -0.4 is 5.32 Å². The molecule has 0 amide bonds. The van der Waals surface area contributed by atoms with E-state index in [-0.39, 0.29) is 0 Å². The normalized spacial score (nSPS) is 25.6. The van der Waals surface area contributed by atoms with Gasteiger partial charge in [-0.25, -0.2) is 0 Å². The maximum Gasteiger partial charge on any atom is 0.00984 e. The van der Waals surface area contributed by atoms with Crippen molar-refractivity contribution in [2.24, 2.45) is 5.92 Å². The first-order chi connectivity index (χ1) is 10.4.